The van der Waals surface area contributed by atoms with Gasteiger partial charge in [-0.25, -0.2) is 4.79 Å². The van der Waals surface area contributed by atoms with Crippen molar-refractivity contribution in [3.63, 3.8) is 0 Å². The van der Waals surface area contributed by atoms with Crippen LogP contribution >= 0.6 is 7.60 Å². The topological polar surface area (TPSA) is 184 Å². The van der Waals surface area contributed by atoms with E-state index in [0.717, 1.165) is 36.1 Å². The summed E-state index contributed by atoms with van der Waals surface area (Å²) in [6, 6.07) is 1.10. The Bertz CT molecular complexity index is 1190. The average molecular weight is 718 g/mol. The van der Waals surface area contributed by atoms with E-state index in [1.807, 2.05) is 0 Å². The largest absolute Gasteiger partial charge is 0.389 e. The van der Waals surface area contributed by atoms with E-state index in [1.165, 1.54) is 89.9 Å². The van der Waals surface area contributed by atoms with Gasteiger partial charge in [-0.1, -0.05) is 116 Å². The molecule has 284 valence electrons. The van der Waals surface area contributed by atoms with Crippen LogP contribution in [0.1, 0.15) is 129 Å². The highest BCUT2D eigenvalue weighted by molar-refractivity contribution is 7.53. The van der Waals surface area contributed by atoms with Gasteiger partial charge >= 0.3 is 13.3 Å². The Labute approximate surface area is 291 Å². The molecule has 5 N–H and O–H groups in total. The molecular formula is C35H64N3O10P. The summed E-state index contributed by atoms with van der Waals surface area (Å²) in [4.78, 5) is 27.5. The second kappa shape index (κ2) is 23.2. The molecule has 0 radical (unpaired) electrons. The van der Waals surface area contributed by atoms with Crippen LogP contribution in [0.4, 0.5) is 0 Å². The second-order valence-corrected chi connectivity index (χ2v) is 16.1. The van der Waals surface area contributed by atoms with Crippen molar-refractivity contribution in [2.75, 3.05) is 39.0 Å². The van der Waals surface area contributed by atoms with Crippen LogP contribution in [-0.2, 0) is 18.3 Å². The van der Waals surface area contributed by atoms with Gasteiger partial charge in [0.05, 0.1) is 31.6 Å². The molecule has 2 aliphatic heterocycles. The van der Waals surface area contributed by atoms with Crippen LogP contribution in [-0.4, -0.2) is 104 Å². The molecule has 2 aliphatic rings. The summed E-state index contributed by atoms with van der Waals surface area (Å²) >= 11 is 0. The molecule has 0 spiro atoms. The predicted molar refractivity (Wildman–Crippen MR) is 189 cm³/mol. The lowest BCUT2D eigenvalue weighted by Gasteiger charge is -2.24. The minimum absolute atomic E-state index is 0.000332. The van der Waals surface area contributed by atoms with Crippen molar-refractivity contribution in [3.05, 3.63) is 33.1 Å². The van der Waals surface area contributed by atoms with Gasteiger partial charge in [0.25, 0.3) is 5.56 Å². The zero-order valence-corrected chi connectivity index (χ0v) is 30.6. The number of aromatic nitrogens is 2. The summed E-state index contributed by atoms with van der Waals surface area (Å²) in [6.07, 6.45) is 16.8. The molecule has 0 saturated carbocycles. The highest BCUT2D eigenvalue weighted by Gasteiger charge is 2.45. The number of nitrogens with zero attached hydrogens (tertiary/aromatic N) is 2. The summed E-state index contributed by atoms with van der Waals surface area (Å²) < 4.78 is 32.1. The third kappa shape index (κ3) is 15.4. The maximum absolute atomic E-state index is 13.8. The molecule has 2 saturated heterocycles. The van der Waals surface area contributed by atoms with Crippen LogP contribution in [0, 0.1) is 0 Å². The van der Waals surface area contributed by atoms with E-state index in [4.69, 9.17) is 13.8 Å². The second-order valence-electron chi connectivity index (χ2n) is 13.9. The predicted octanol–water partition coefficient (Wildman–Crippen LogP) is 4.46. The number of nitrogens with one attached hydrogen (secondary N) is 1. The number of aliphatic hydroxyl groups is 4. The van der Waals surface area contributed by atoms with Crippen LogP contribution in [0.5, 0.6) is 0 Å². The van der Waals surface area contributed by atoms with Crippen molar-refractivity contribution < 1.29 is 38.8 Å². The number of unbranched alkanes of at least 4 members (excludes halogenated alkanes) is 17. The third-order valence-electron chi connectivity index (χ3n) is 9.71. The first-order valence-corrected chi connectivity index (χ1v) is 20.7. The lowest BCUT2D eigenvalue weighted by atomic mass is 10.0. The van der Waals surface area contributed by atoms with Gasteiger partial charge in [-0.3, -0.25) is 23.8 Å². The van der Waals surface area contributed by atoms with Gasteiger partial charge < -0.3 is 34.2 Å². The number of β-amino-alcohol motifs (C(OH)–C–C–N with tert-alkyl or cyclic N) is 2. The van der Waals surface area contributed by atoms with Crippen molar-refractivity contribution in [1.29, 1.82) is 0 Å². The van der Waals surface area contributed by atoms with Gasteiger partial charge in [-0.2, -0.15) is 0 Å². The smallest absolute Gasteiger partial charge is 0.332 e. The van der Waals surface area contributed by atoms with E-state index in [2.05, 4.69) is 11.9 Å². The van der Waals surface area contributed by atoms with Crippen molar-refractivity contribution >= 4 is 7.60 Å². The summed E-state index contributed by atoms with van der Waals surface area (Å²) in [5.41, 5.74) is -1.42. The van der Waals surface area contributed by atoms with E-state index in [-0.39, 0.29) is 39.0 Å². The molecule has 0 amide bonds. The molecule has 14 heteroatoms. The molecule has 1 aromatic rings. The number of aliphatic hydroxyl groups excluding tert-OH is 4. The molecule has 0 aromatic carbocycles. The maximum atomic E-state index is 13.8. The zero-order valence-electron chi connectivity index (χ0n) is 29.7. The summed E-state index contributed by atoms with van der Waals surface area (Å²) in [6.45, 7) is 2.87. The third-order valence-corrected chi connectivity index (χ3v) is 11.6. The monoisotopic (exact) mass is 717 g/mol. The van der Waals surface area contributed by atoms with E-state index in [9.17, 15) is 34.6 Å². The quantitative estimate of drug-likeness (QED) is 0.0640. The van der Waals surface area contributed by atoms with E-state index >= 15 is 0 Å². The molecule has 1 unspecified atom stereocenters. The number of ether oxygens (including phenoxy) is 1. The fourth-order valence-corrected chi connectivity index (χ4v) is 8.22. The number of rotatable bonds is 27. The normalized spacial score (nSPS) is 25.7. The Morgan fingerprint density at radius 3 is 1.80 bits per heavy atom. The van der Waals surface area contributed by atoms with Crippen LogP contribution in [0.2, 0.25) is 0 Å². The van der Waals surface area contributed by atoms with E-state index in [0.29, 0.717) is 6.42 Å². The maximum Gasteiger partial charge on any atom is 0.332 e. The van der Waals surface area contributed by atoms with Gasteiger partial charge in [0.1, 0.15) is 18.3 Å². The van der Waals surface area contributed by atoms with Crippen LogP contribution < -0.4 is 11.2 Å². The Balaban J connectivity index is 1.32. The molecule has 3 rings (SSSR count). The molecular weight excluding hydrogens is 653 g/mol. The molecule has 13 nitrogen and oxygen atoms in total. The summed E-state index contributed by atoms with van der Waals surface area (Å²) in [5, 5.41) is 40.9. The Morgan fingerprint density at radius 2 is 1.29 bits per heavy atom. The van der Waals surface area contributed by atoms with Gasteiger partial charge in [-0.05, 0) is 6.42 Å². The number of likely N-dealkylation sites (tertiary alicyclic amines) is 1. The molecule has 2 fully saturated rings. The Hall–Kier alpha value is -1.41. The summed E-state index contributed by atoms with van der Waals surface area (Å²) in [7, 11) is -3.70. The SMILES string of the molecule is CCCCCCCCCCCCCCCCCCCCOP(=O)(CCN1C[C@@H](O)[C@H](O)C1)OC[C@H]1O[C@@H](n2ccc(=O)[nH]c2=O)[C@H](O)[C@@H]1O. The molecule has 7 atom stereocenters. The van der Waals surface area contributed by atoms with Crippen molar-refractivity contribution in [2.24, 2.45) is 0 Å². The number of hydrogen-bond acceptors (Lipinski definition) is 11. The van der Waals surface area contributed by atoms with E-state index < -0.39 is 55.6 Å². The number of hydrogen-bond donors (Lipinski definition) is 5. The van der Waals surface area contributed by atoms with Crippen LogP contribution in [0.15, 0.2) is 21.9 Å². The lowest BCUT2D eigenvalue weighted by Crippen LogP contribution is -2.37. The van der Waals surface area contributed by atoms with Crippen LogP contribution in [0.25, 0.3) is 0 Å². The molecule has 0 aliphatic carbocycles. The van der Waals surface area contributed by atoms with Crippen LogP contribution in [0.3, 0.4) is 0 Å². The minimum atomic E-state index is -3.70. The Morgan fingerprint density at radius 1 is 0.776 bits per heavy atom. The fraction of sp³-hybridized carbons (Fsp3) is 0.886. The Kier molecular flexibility index (Phi) is 19.9. The minimum Gasteiger partial charge on any atom is -0.389 e. The highest BCUT2D eigenvalue weighted by atomic mass is 31.2. The summed E-state index contributed by atoms with van der Waals surface area (Å²) in [5.74, 6) is 0. The zero-order chi connectivity index (χ0) is 35.5. The first-order chi connectivity index (χ1) is 23.6. The van der Waals surface area contributed by atoms with Gasteiger partial charge in [0.15, 0.2) is 6.23 Å². The fourth-order valence-electron chi connectivity index (χ4n) is 6.58. The van der Waals surface area contributed by atoms with Gasteiger partial charge in [0, 0.05) is 31.9 Å². The number of aromatic amines is 1. The lowest BCUT2D eigenvalue weighted by molar-refractivity contribution is -0.0531. The molecule has 0 bridgehead atoms. The molecule has 3 heterocycles. The molecule has 49 heavy (non-hydrogen) atoms. The van der Waals surface area contributed by atoms with E-state index in [1.54, 1.807) is 4.90 Å². The average Bonchev–Trinajstić information content (AvgIpc) is 3.55. The van der Waals surface area contributed by atoms with Crippen molar-refractivity contribution in [3.8, 4) is 0 Å². The van der Waals surface area contributed by atoms with Crippen molar-refractivity contribution in [1.82, 2.24) is 14.5 Å². The first-order valence-electron chi connectivity index (χ1n) is 18.9. The van der Waals surface area contributed by atoms with Crippen molar-refractivity contribution in [2.45, 2.75) is 159 Å². The molecule has 1 aromatic heterocycles. The van der Waals surface area contributed by atoms with Gasteiger partial charge in [-0.15, -0.1) is 0 Å². The standard InChI is InChI=1S/C35H64N3O10P/c1-2-3-4-5-6-7-8-9-10-11-12-13-14-15-16-17-18-19-23-46-49(45,24-22-37-25-28(39)29(40)26-37)47-27-30-32(42)33(43)34(48-30)38-21-20-31(41)36-35(38)44/h20-21,28-30,32-34,39-40,42-43H,2-19,22-27H2,1H3,(H,36,41,44)/t28-,29-,30-,32-,33-,34-,49?/m1/s1. The first kappa shape index (κ1) is 42.0. The highest BCUT2D eigenvalue weighted by Crippen LogP contribution is 2.49. The van der Waals surface area contributed by atoms with Gasteiger partial charge in [0.2, 0.25) is 0 Å². The number of H-pyrrole nitrogens is 1.